The van der Waals surface area contributed by atoms with E-state index < -0.39 is 6.10 Å². The lowest BCUT2D eigenvalue weighted by Crippen LogP contribution is -2.34. The molecule has 0 aliphatic carbocycles. The maximum Gasteiger partial charge on any atom is 0.123 e. The summed E-state index contributed by atoms with van der Waals surface area (Å²) in [6, 6.07) is 4.40. The van der Waals surface area contributed by atoms with Crippen LogP contribution in [-0.2, 0) is 4.74 Å². The summed E-state index contributed by atoms with van der Waals surface area (Å²) >= 11 is 0. The summed E-state index contributed by atoms with van der Waals surface area (Å²) in [7, 11) is 1.58. The van der Waals surface area contributed by atoms with Gasteiger partial charge < -0.3 is 9.84 Å². The van der Waals surface area contributed by atoms with E-state index in [1.165, 1.54) is 12.1 Å². The van der Waals surface area contributed by atoms with Gasteiger partial charge in [-0.25, -0.2) is 4.39 Å². The highest BCUT2D eigenvalue weighted by Crippen LogP contribution is 2.33. The van der Waals surface area contributed by atoms with Crippen LogP contribution in [0.5, 0.6) is 0 Å². The normalized spacial score (nSPS) is 15.7. The average Bonchev–Trinajstić information content (AvgIpc) is 2.15. The lowest BCUT2D eigenvalue weighted by Gasteiger charge is -2.34. The topological polar surface area (TPSA) is 29.5 Å². The van der Waals surface area contributed by atoms with Crippen molar-refractivity contribution in [2.45, 2.75) is 39.9 Å². The predicted octanol–water partition coefficient (Wildman–Crippen LogP) is 3.23. The van der Waals surface area contributed by atoms with Crippen molar-refractivity contribution in [1.82, 2.24) is 0 Å². The first kappa shape index (κ1) is 14.1. The summed E-state index contributed by atoms with van der Waals surface area (Å²) in [5.41, 5.74) is 1.27. The lowest BCUT2D eigenvalue weighted by atomic mass is 9.82. The summed E-state index contributed by atoms with van der Waals surface area (Å²) in [5, 5.41) is 10.3. The van der Waals surface area contributed by atoms with Gasteiger partial charge in [-0.05, 0) is 35.6 Å². The third-order valence-corrected chi connectivity index (χ3v) is 2.94. The standard InChI is InChI=1S/C14H21FO2/c1-9-8-10(15)6-7-11(9)12(16)13(17-5)14(2,3)4/h6-8,12-13,16H,1-5H3. The second-order valence-electron chi connectivity index (χ2n) is 5.47. The Labute approximate surface area is 102 Å². The van der Waals surface area contributed by atoms with E-state index in [0.717, 1.165) is 5.56 Å². The smallest absolute Gasteiger partial charge is 0.123 e. The first-order valence-corrected chi connectivity index (χ1v) is 5.74. The molecule has 0 amide bonds. The van der Waals surface area contributed by atoms with Crippen LogP contribution in [-0.4, -0.2) is 18.3 Å². The Morgan fingerprint density at radius 2 is 1.88 bits per heavy atom. The Morgan fingerprint density at radius 1 is 1.29 bits per heavy atom. The Balaban J connectivity index is 3.06. The Morgan fingerprint density at radius 3 is 2.29 bits per heavy atom. The number of benzene rings is 1. The molecule has 1 aromatic carbocycles. The molecule has 17 heavy (non-hydrogen) atoms. The van der Waals surface area contributed by atoms with Crippen molar-refractivity contribution in [3.8, 4) is 0 Å². The first-order chi connectivity index (χ1) is 7.77. The van der Waals surface area contributed by atoms with E-state index in [2.05, 4.69) is 0 Å². The molecule has 0 saturated carbocycles. The molecule has 0 radical (unpaired) electrons. The van der Waals surface area contributed by atoms with Gasteiger partial charge in [0.15, 0.2) is 0 Å². The minimum Gasteiger partial charge on any atom is -0.386 e. The SMILES string of the molecule is COC(C(O)c1ccc(F)cc1C)C(C)(C)C. The number of hydrogen-bond acceptors (Lipinski definition) is 2. The summed E-state index contributed by atoms with van der Waals surface area (Å²) < 4.78 is 18.4. The van der Waals surface area contributed by atoms with Crippen LogP contribution >= 0.6 is 0 Å². The molecule has 0 bridgehead atoms. The first-order valence-electron chi connectivity index (χ1n) is 5.74. The molecule has 1 rings (SSSR count). The molecule has 0 aliphatic rings. The van der Waals surface area contributed by atoms with Gasteiger partial charge in [-0.3, -0.25) is 0 Å². The average molecular weight is 240 g/mol. The third kappa shape index (κ3) is 3.27. The Hall–Kier alpha value is -0.930. The number of rotatable bonds is 3. The zero-order valence-corrected chi connectivity index (χ0v) is 11.1. The Kier molecular flexibility index (Phi) is 4.28. The molecule has 0 spiro atoms. The number of halogens is 1. The largest absolute Gasteiger partial charge is 0.386 e. The fourth-order valence-electron chi connectivity index (χ4n) is 2.09. The van der Waals surface area contributed by atoms with Crippen molar-refractivity contribution >= 4 is 0 Å². The Bertz CT molecular complexity index is 382. The van der Waals surface area contributed by atoms with E-state index in [0.29, 0.717) is 5.56 Å². The highest BCUT2D eigenvalue weighted by atomic mass is 19.1. The molecule has 0 fully saturated rings. The molecule has 0 aromatic heterocycles. The second kappa shape index (κ2) is 5.15. The quantitative estimate of drug-likeness (QED) is 0.879. The monoisotopic (exact) mass is 240 g/mol. The number of aliphatic hydroxyl groups excluding tert-OH is 1. The van der Waals surface area contributed by atoms with Gasteiger partial charge in [0, 0.05) is 7.11 Å². The van der Waals surface area contributed by atoms with Crippen molar-refractivity contribution in [2.75, 3.05) is 7.11 Å². The van der Waals surface area contributed by atoms with Crippen LogP contribution in [0.1, 0.15) is 38.0 Å². The summed E-state index contributed by atoms with van der Waals surface area (Å²) in [6.07, 6.45) is -1.08. The minimum atomic E-state index is -0.749. The second-order valence-corrected chi connectivity index (χ2v) is 5.47. The van der Waals surface area contributed by atoms with E-state index in [1.807, 2.05) is 20.8 Å². The molecule has 96 valence electrons. The van der Waals surface area contributed by atoms with Gasteiger partial charge in [-0.1, -0.05) is 26.8 Å². The molecule has 2 unspecified atom stereocenters. The van der Waals surface area contributed by atoms with Gasteiger partial charge in [0.05, 0.1) is 6.10 Å². The van der Waals surface area contributed by atoms with E-state index >= 15 is 0 Å². The van der Waals surface area contributed by atoms with Crippen LogP contribution in [0.2, 0.25) is 0 Å². The highest BCUT2D eigenvalue weighted by molar-refractivity contribution is 5.29. The summed E-state index contributed by atoms with van der Waals surface area (Å²) in [5.74, 6) is -0.289. The van der Waals surface area contributed by atoms with Crippen LogP contribution < -0.4 is 0 Å². The number of aliphatic hydroxyl groups is 1. The fraction of sp³-hybridized carbons (Fsp3) is 0.571. The number of methoxy groups -OCH3 is 1. The molecule has 3 heteroatoms. The summed E-state index contributed by atoms with van der Waals surface area (Å²) in [4.78, 5) is 0. The van der Waals surface area contributed by atoms with Gasteiger partial charge >= 0.3 is 0 Å². The van der Waals surface area contributed by atoms with Crippen LogP contribution in [0, 0.1) is 18.2 Å². The molecule has 0 heterocycles. The van der Waals surface area contributed by atoms with E-state index in [9.17, 15) is 9.50 Å². The maximum absolute atomic E-state index is 13.0. The van der Waals surface area contributed by atoms with Gasteiger partial charge in [0.25, 0.3) is 0 Å². The fourth-order valence-corrected chi connectivity index (χ4v) is 2.09. The van der Waals surface area contributed by atoms with E-state index in [4.69, 9.17) is 4.74 Å². The van der Waals surface area contributed by atoms with Gasteiger partial charge in [-0.15, -0.1) is 0 Å². The van der Waals surface area contributed by atoms with Gasteiger partial charge in [0.1, 0.15) is 11.9 Å². The number of hydrogen-bond donors (Lipinski definition) is 1. The van der Waals surface area contributed by atoms with Crippen molar-refractivity contribution < 1.29 is 14.2 Å². The summed E-state index contributed by atoms with van der Waals surface area (Å²) in [6.45, 7) is 7.80. The van der Waals surface area contributed by atoms with Crippen LogP contribution in [0.25, 0.3) is 0 Å². The van der Waals surface area contributed by atoms with Crippen molar-refractivity contribution in [1.29, 1.82) is 0 Å². The van der Waals surface area contributed by atoms with Gasteiger partial charge in [0.2, 0.25) is 0 Å². The molecular weight excluding hydrogens is 219 g/mol. The van der Waals surface area contributed by atoms with Crippen LogP contribution in [0.3, 0.4) is 0 Å². The maximum atomic E-state index is 13.0. The molecule has 1 aromatic rings. The lowest BCUT2D eigenvalue weighted by molar-refractivity contribution is -0.0726. The predicted molar refractivity (Wildman–Crippen MR) is 66.3 cm³/mol. The van der Waals surface area contributed by atoms with Crippen molar-refractivity contribution in [2.24, 2.45) is 5.41 Å². The molecule has 2 atom stereocenters. The number of aryl methyl sites for hydroxylation is 1. The molecule has 0 aliphatic heterocycles. The van der Waals surface area contributed by atoms with Gasteiger partial charge in [-0.2, -0.15) is 0 Å². The van der Waals surface area contributed by atoms with Crippen LogP contribution in [0.4, 0.5) is 4.39 Å². The molecule has 0 saturated heterocycles. The zero-order valence-electron chi connectivity index (χ0n) is 11.1. The van der Waals surface area contributed by atoms with E-state index in [-0.39, 0.29) is 17.3 Å². The van der Waals surface area contributed by atoms with Crippen molar-refractivity contribution in [3.63, 3.8) is 0 Å². The van der Waals surface area contributed by atoms with Crippen molar-refractivity contribution in [3.05, 3.63) is 35.1 Å². The molecular formula is C14H21FO2. The molecule has 2 nitrogen and oxygen atoms in total. The third-order valence-electron chi connectivity index (χ3n) is 2.94. The highest BCUT2D eigenvalue weighted by Gasteiger charge is 2.32. The van der Waals surface area contributed by atoms with Crippen LogP contribution in [0.15, 0.2) is 18.2 Å². The molecule has 1 N–H and O–H groups in total. The minimum absolute atomic E-state index is 0.186. The number of ether oxygens (including phenoxy) is 1. The zero-order chi connectivity index (χ0) is 13.2. The van der Waals surface area contributed by atoms with E-state index in [1.54, 1.807) is 20.1 Å².